The number of phenolic OH excluding ortho intramolecular Hbond substituents is 1. The first-order valence-electron chi connectivity index (χ1n) is 8.47. The van der Waals surface area contributed by atoms with Crippen LogP contribution in [0.1, 0.15) is 5.56 Å². The maximum atomic E-state index is 12.6. The van der Waals surface area contributed by atoms with E-state index in [9.17, 15) is 19.5 Å². The summed E-state index contributed by atoms with van der Waals surface area (Å²) in [6, 6.07) is 11.1. The van der Waals surface area contributed by atoms with Gasteiger partial charge in [-0.2, -0.15) is 0 Å². The van der Waals surface area contributed by atoms with Gasteiger partial charge in [0.1, 0.15) is 12.3 Å². The number of phenols is 1. The highest BCUT2D eigenvalue weighted by Gasteiger charge is 2.36. The Balaban J connectivity index is 1.72. The van der Waals surface area contributed by atoms with Gasteiger partial charge in [-0.25, -0.2) is 0 Å². The van der Waals surface area contributed by atoms with Crippen LogP contribution in [0.4, 0.5) is 10.5 Å². The molecule has 0 spiro atoms. The third-order valence-corrected chi connectivity index (χ3v) is 4.92. The Labute approximate surface area is 171 Å². The van der Waals surface area contributed by atoms with E-state index in [-0.39, 0.29) is 10.7 Å². The lowest BCUT2D eigenvalue weighted by Crippen LogP contribution is -2.36. The van der Waals surface area contributed by atoms with Crippen molar-refractivity contribution in [3.8, 4) is 17.2 Å². The molecule has 0 unspecified atom stereocenters. The van der Waals surface area contributed by atoms with Crippen molar-refractivity contribution in [3.05, 3.63) is 52.9 Å². The summed E-state index contributed by atoms with van der Waals surface area (Å²) in [6.45, 7) is -0.427. The van der Waals surface area contributed by atoms with Crippen molar-refractivity contribution >= 4 is 40.6 Å². The van der Waals surface area contributed by atoms with Crippen molar-refractivity contribution in [3.63, 3.8) is 0 Å². The summed E-state index contributed by atoms with van der Waals surface area (Å²) in [5.74, 6) is -0.0784. The molecule has 1 aliphatic heterocycles. The summed E-state index contributed by atoms with van der Waals surface area (Å²) in [4.78, 5) is 38.1. The first-order chi connectivity index (χ1) is 13.9. The Bertz CT molecular complexity index is 1000. The highest BCUT2D eigenvalue weighted by Crippen LogP contribution is 2.34. The SMILES string of the molecule is COc1ccc(C=C2SC(=O)N(CC(=O)Nc3cccc(O)c3)C2=O)cc1OC. The number of carbonyl (C=O) groups is 3. The van der Waals surface area contributed by atoms with Crippen molar-refractivity contribution in [2.24, 2.45) is 0 Å². The number of anilines is 1. The fourth-order valence-corrected chi connectivity index (χ4v) is 3.50. The van der Waals surface area contributed by atoms with Crippen molar-refractivity contribution in [2.45, 2.75) is 0 Å². The van der Waals surface area contributed by atoms with Crippen LogP contribution in [-0.2, 0) is 9.59 Å². The van der Waals surface area contributed by atoms with Gasteiger partial charge < -0.3 is 19.9 Å². The van der Waals surface area contributed by atoms with Crippen LogP contribution in [0.3, 0.4) is 0 Å². The molecular weight excluding hydrogens is 396 g/mol. The molecule has 150 valence electrons. The molecule has 0 bridgehead atoms. The maximum absolute atomic E-state index is 12.6. The molecule has 2 N–H and O–H groups in total. The van der Waals surface area contributed by atoms with Crippen LogP contribution in [-0.4, -0.2) is 47.8 Å². The number of hydrogen-bond acceptors (Lipinski definition) is 7. The molecule has 9 heteroatoms. The number of methoxy groups -OCH3 is 2. The number of imide groups is 1. The topological polar surface area (TPSA) is 105 Å². The van der Waals surface area contributed by atoms with E-state index in [0.717, 1.165) is 16.7 Å². The van der Waals surface area contributed by atoms with E-state index in [4.69, 9.17) is 9.47 Å². The lowest BCUT2D eigenvalue weighted by atomic mass is 10.2. The summed E-state index contributed by atoms with van der Waals surface area (Å²) in [7, 11) is 3.02. The number of rotatable bonds is 6. The lowest BCUT2D eigenvalue weighted by Gasteiger charge is -2.12. The molecule has 2 aromatic rings. The predicted octanol–water partition coefficient (Wildman–Crippen LogP) is 3.08. The van der Waals surface area contributed by atoms with Crippen LogP contribution in [0.5, 0.6) is 17.2 Å². The Kier molecular flexibility index (Phi) is 6.08. The van der Waals surface area contributed by atoms with E-state index in [1.54, 1.807) is 36.4 Å². The van der Waals surface area contributed by atoms with Gasteiger partial charge >= 0.3 is 0 Å². The van der Waals surface area contributed by atoms with E-state index >= 15 is 0 Å². The van der Waals surface area contributed by atoms with E-state index in [1.165, 1.54) is 26.4 Å². The zero-order chi connectivity index (χ0) is 21.0. The minimum Gasteiger partial charge on any atom is -0.508 e. The predicted molar refractivity (Wildman–Crippen MR) is 109 cm³/mol. The normalized spacial score (nSPS) is 15.0. The van der Waals surface area contributed by atoms with Crippen molar-refractivity contribution in [1.29, 1.82) is 0 Å². The molecule has 0 radical (unpaired) electrons. The first-order valence-corrected chi connectivity index (χ1v) is 9.29. The Hall–Kier alpha value is -3.46. The van der Waals surface area contributed by atoms with Gasteiger partial charge in [-0.1, -0.05) is 12.1 Å². The molecule has 2 aromatic carbocycles. The summed E-state index contributed by atoms with van der Waals surface area (Å²) < 4.78 is 10.4. The summed E-state index contributed by atoms with van der Waals surface area (Å²) >= 11 is 0.757. The zero-order valence-corrected chi connectivity index (χ0v) is 16.5. The Morgan fingerprint density at radius 2 is 1.90 bits per heavy atom. The highest BCUT2D eigenvalue weighted by molar-refractivity contribution is 8.18. The second-order valence-corrected chi connectivity index (χ2v) is 6.97. The number of hydrogen-bond donors (Lipinski definition) is 2. The van der Waals surface area contributed by atoms with Gasteiger partial charge in [-0.05, 0) is 47.7 Å². The lowest BCUT2D eigenvalue weighted by molar-refractivity contribution is -0.127. The van der Waals surface area contributed by atoms with Crippen molar-refractivity contribution in [2.75, 3.05) is 26.1 Å². The van der Waals surface area contributed by atoms with Crippen LogP contribution in [0.25, 0.3) is 6.08 Å². The molecule has 0 aromatic heterocycles. The van der Waals surface area contributed by atoms with E-state index in [0.29, 0.717) is 22.7 Å². The quantitative estimate of drug-likeness (QED) is 0.700. The first kappa shape index (κ1) is 20.3. The Morgan fingerprint density at radius 1 is 1.14 bits per heavy atom. The van der Waals surface area contributed by atoms with Crippen LogP contribution >= 0.6 is 11.8 Å². The molecule has 0 atom stereocenters. The number of benzene rings is 2. The maximum Gasteiger partial charge on any atom is 0.294 e. The number of nitrogens with zero attached hydrogens (tertiary/aromatic N) is 1. The third kappa shape index (κ3) is 4.69. The van der Waals surface area contributed by atoms with Gasteiger partial charge in [0, 0.05) is 11.8 Å². The van der Waals surface area contributed by atoms with E-state index < -0.39 is 23.6 Å². The van der Waals surface area contributed by atoms with Gasteiger partial charge in [0.2, 0.25) is 5.91 Å². The molecule has 1 fully saturated rings. The number of thioether (sulfide) groups is 1. The molecule has 1 aliphatic rings. The van der Waals surface area contributed by atoms with Crippen LogP contribution in [0.2, 0.25) is 0 Å². The van der Waals surface area contributed by atoms with Gasteiger partial charge in [-0.3, -0.25) is 19.3 Å². The van der Waals surface area contributed by atoms with Crippen LogP contribution < -0.4 is 14.8 Å². The Morgan fingerprint density at radius 3 is 2.59 bits per heavy atom. The number of carbonyl (C=O) groups excluding carboxylic acids is 3. The molecule has 3 amide bonds. The molecule has 0 aliphatic carbocycles. The number of nitrogens with one attached hydrogen (secondary N) is 1. The van der Waals surface area contributed by atoms with Crippen LogP contribution in [0.15, 0.2) is 47.4 Å². The smallest absolute Gasteiger partial charge is 0.294 e. The number of amides is 3. The molecular formula is C20H18N2O6S. The molecule has 3 rings (SSSR count). The van der Waals surface area contributed by atoms with E-state index in [1.807, 2.05) is 0 Å². The van der Waals surface area contributed by atoms with Gasteiger partial charge in [0.05, 0.1) is 19.1 Å². The molecule has 1 heterocycles. The molecule has 1 saturated heterocycles. The molecule has 29 heavy (non-hydrogen) atoms. The van der Waals surface area contributed by atoms with Gasteiger partial charge in [0.15, 0.2) is 11.5 Å². The van der Waals surface area contributed by atoms with Crippen molar-refractivity contribution < 1.29 is 29.0 Å². The average molecular weight is 414 g/mol. The van der Waals surface area contributed by atoms with Crippen LogP contribution in [0, 0.1) is 0 Å². The average Bonchev–Trinajstić information content (AvgIpc) is 2.95. The number of aromatic hydroxyl groups is 1. The minimum absolute atomic E-state index is 0.00757. The summed E-state index contributed by atoms with van der Waals surface area (Å²) in [5.41, 5.74) is 1.01. The second-order valence-electron chi connectivity index (χ2n) is 5.98. The summed E-state index contributed by atoms with van der Waals surface area (Å²) in [6.07, 6.45) is 1.56. The second kappa shape index (κ2) is 8.70. The fourth-order valence-electron chi connectivity index (χ4n) is 2.66. The monoisotopic (exact) mass is 414 g/mol. The van der Waals surface area contributed by atoms with Gasteiger partial charge in [0.25, 0.3) is 11.1 Å². The minimum atomic E-state index is -0.555. The fraction of sp³-hybridized carbons (Fsp3) is 0.150. The third-order valence-electron chi connectivity index (χ3n) is 4.01. The van der Waals surface area contributed by atoms with Crippen molar-refractivity contribution in [1.82, 2.24) is 4.90 Å². The van der Waals surface area contributed by atoms with E-state index in [2.05, 4.69) is 5.32 Å². The largest absolute Gasteiger partial charge is 0.508 e. The zero-order valence-electron chi connectivity index (χ0n) is 15.7. The molecule has 0 saturated carbocycles. The summed E-state index contributed by atoms with van der Waals surface area (Å²) in [5, 5.41) is 11.4. The standard InChI is InChI=1S/C20H18N2O6S/c1-27-15-7-6-12(8-16(15)28-2)9-17-19(25)22(20(26)29-17)11-18(24)21-13-4-3-5-14(23)10-13/h3-10,23H,11H2,1-2H3,(H,21,24). The highest BCUT2D eigenvalue weighted by atomic mass is 32.2. The van der Waals surface area contributed by atoms with Gasteiger partial charge in [-0.15, -0.1) is 0 Å². The number of ether oxygens (including phenoxy) is 2. The molecule has 8 nitrogen and oxygen atoms in total.